The van der Waals surface area contributed by atoms with Gasteiger partial charge in [-0.15, -0.1) is 0 Å². The fourth-order valence-electron chi connectivity index (χ4n) is 4.52. The summed E-state index contributed by atoms with van der Waals surface area (Å²) in [7, 11) is 2.76. The normalized spacial score (nSPS) is 43.8. The van der Waals surface area contributed by atoms with E-state index in [0.29, 0.717) is 17.3 Å². The van der Waals surface area contributed by atoms with Gasteiger partial charge >= 0.3 is 11.9 Å². The first-order valence-electron chi connectivity index (χ1n) is 7.62. The zero-order chi connectivity index (χ0) is 17.0. The predicted octanol–water partition coefficient (Wildman–Crippen LogP) is 2.39. The number of rotatable bonds is 3. The molecule has 23 heavy (non-hydrogen) atoms. The van der Waals surface area contributed by atoms with Gasteiger partial charge in [0.25, 0.3) is 0 Å². The summed E-state index contributed by atoms with van der Waals surface area (Å²) in [5.74, 6) is -1.24. The van der Waals surface area contributed by atoms with Crippen LogP contribution in [0.5, 0.6) is 0 Å². The van der Waals surface area contributed by atoms with Crippen LogP contribution in [-0.4, -0.2) is 42.7 Å². The number of alkyl halides is 1. The molecule has 1 spiro atoms. The third kappa shape index (κ3) is 1.88. The molecule has 0 unspecified atom stereocenters. The van der Waals surface area contributed by atoms with Gasteiger partial charge in [0.05, 0.1) is 31.3 Å². The van der Waals surface area contributed by atoms with E-state index in [0.717, 1.165) is 0 Å². The molecule has 1 saturated heterocycles. The standard InChI is InChI=1S/C17H21BrO5/c1-15-7-5-10-12(14(20)22-4)17(15,23-16(10,2)9-18)8-6-11(15)13(19)21-3/h5-7,10,12H,8-9H2,1-4H3/t10-,12-,15+,16+,17-/m1/s1. The number of halogens is 1. The molecule has 2 bridgehead atoms. The van der Waals surface area contributed by atoms with Crippen molar-refractivity contribution in [3.63, 3.8) is 0 Å². The zero-order valence-electron chi connectivity index (χ0n) is 13.7. The van der Waals surface area contributed by atoms with E-state index in [2.05, 4.69) is 15.9 Å². The first-order chi connectivity index (χ1) is 10.8. The molecule has 0 radical (unpaired) electrons. The largest absolute Gasteiger partial charge is 0.469 e. The monoisotopic (exact) mass is 384 g/mol. The second kappa shape index (κ2) is 5.18. The summed E-state index contributed by atoms with van der Waals surface area (Å²) in [6, 6.07) is 0. The Labute approximate surface area is 144 Å². The van der Waals surface area contributed by atoms with Gasteiger partial charge in [0.2, 0.25) is 0 Å². The molecule has 0 aromatic rings. The number of methoxy groups -OCH3 is 2. The number of hydrogen-bond donors (Lipinski definition) is 0. The molecule has 3 rings (SSSR count). The Hall–Kier alpha value is -1.14. The second-order valence-corrected chi connectivity index (χ2v) is 7.40. The van der Waals surface area contributed by atoms with Gasteiger partial charge in [0.15, 0.2) is 0 Å². The number of carbonyl (C=O) groups excluding carboxylic acids is 2. The Morgan fingerprint density at radius 1 is 1.35 bits per heavy atom. The predicted molar refractivity (Wildman–Crippen MR) is 87.0 cm³/mol. The van der Waals surface area contributed by atoms with Crippen LogP contribution in [0.3, 0.4) is 0 Å². The van der Waals surface area contributed by atoms with Crippen LogP contribution in [0.1, 0.15) is 20.3 Å². The van der Waals surface area contributed by atoms with E-state index < -0.39 is 22.5 Å². The number of hydrogen-bond acceptors (Lipinski definition) is 5. The number of carbonyl (C=O) groups is 2. The summed E-state index contributed by atoms with van der Waals surface area (Å²) in [6.45, 7) is 3.93. The van der Waals surface area contributed by atoms with E-state index in [-0.39, 0.29) is 17.9 Å². The molecule has 0 aromatic carbocycles. The molecule has 5 atom stereocenters. The van der Waals surface area contributed by atoms with E-state index in [9.17, 15) is 9.59 Å². The fourth-order valence-corrected chi connectivity index (χ4v) is 5.01. The van der Waals surface area contributed by atoms with Gasteiger partial charge in [-0.1, -0.05) is 34.2 Å². The maximum absolute atomic E-state index is 12.6. The minimum atomic E-state index is -0.814. The summed E-state index contributed by atoms with van der Waals surface area (Å²) < 4.78 is 16.5. The Kier molecular flexibility index (Phi) is 3.76. The lowest BCUT2D eigenvalue weighted by Crippen LogP contribution is -2.53. The van der Waals surface area contributed by atoms with E-state index in [1.165, 1.54) is 14.2 Å². The van der Waals surface area contributed by atoms with Gasteiger partial charge in [-0.2, -0.15) is 0 Å². The van der Waals surface area contributed by atoms with Crippen molar-refractivity contribution >= 4 is 27.9 Å². The Morgan fingerprint density at radius 2 is 2.04 bits per heavy atom. The van der Waals surface area contributed by atoms with Crippen LogP contribution in [-0.2, 0) is 23.8 Å². The summed E-state index contributed by atoms with van der Waals surface area (Å²) in [5.41, 5.74) is -1.52. The molecular formula is C17H21BrO5. The Morgan fingerprint density at radius 3 is 2.61 bits per heavy atom. The van der Waals surface area contributed by atoms with Crippen LogP contribution in [0.25, 0.3) is 0 Å². The zero-order valence-corrected chi connectivity index (χ0v) is 15.3. The highest BCUT2D eigenvalue weighted by atomic mass is 79.9. The smallest absolute Gasteiger partial charge is 0.334 e. The molecular weight excluding hydrogens is 364 g/mol. The van der Waals surface area contributed by atoms with Crippen LogP contribution in [0.4, 0.5) is 0 Å². The quantitative estimate of drug-likeness (QED) is 0.424. The van der Waals surface area contributed by atoms with Crippen LogP contribution in [0.2, 0.25) is 0 Å². The van der Waals surface area contributed by atoms with Gasteiger partial charge in [-0.05, 0) is 20.3 Å². The maximum Gasteiger partial charge on any atom is 0.334 e. The molecule has 6 heteroatoms. The van der Waals surface area contributed by atoms with Crippen molar-refractivity contribution in [2.24, 2.45) is 17.3 Å². The van der Waals surface area contributed by atoms with Crippen molar-refractivity contribution in [1.82, 2.24) is 0 Å². The SMILES string of the molecule is COC(=O)C1=CC[C@]23O[C@@](C)(CBr)[C@H](C=C[C@@]12C)[C@@H]3C(=O)OC. The molecule has 0 aromatic heterocycles. The Bertz CT molecular complexity index is 626. The van der Waals surface area contributed by atoms with E-state index in [1.807, 2.05) is 32.1 Å². The summed E-state index contributed by atoms with van der Waals surface area (Å²) in [4.78, 5) is 24.8. The molecule has 126 valence electrons. The van der Waals surface area contributed by atoms with Crippen LogP contribution < -0.4 is 0 Å². The highest BCUT2D eigenvalue weighted by molar-refractivity contribution is 9.09. The van der Waals surface area contributed by atoms with Gasteiger partial charge < -0.3 is 14.2 Å². The third-order valence-electron chi connectivity index (χ3n) is 5.79. The highest BCUT2D eigenvalue weighted by Gasteiger charge is 2.72. The van der Waals surface area contributed by atoms with Gasteiger partial charge in [0, 0.05) is 22.2 Å². The van der Waals surface area contributed by atoms with E-state index in [4.69, 9.17) is 14.2 Å². The average molecular weight is 385 g/mol. The maximum atomic E-state index is 12.6. The molecule has 5 nitrogen and oxygen atoms in total. The van der Waals surface area contributed by atoms with Crippen molar-refractivity contribution < 1.29 is 23.8 Å². The summed E-state index contributed by atoms with van der Waals surface area (Å²) in [5, 5.41) is 0.591. The lowest BCUT2D eigenvalue weighted by Gasteiger charge is -2.45. The number of esters is 2. The second-order valence-electron chi connectivity index (χ2n) is 6.84. The molecule has 1 fully saturated rings. The lowest BCUT2D eigenvalue weighted by molar-refractivity contribution is -0.165. The molecule has 0 N–H and O–H groups in total. The van der Waals surface area contributed by atoms with Crippen molar-refractivity contribution in [3.8, 4) is 0 Å². The number of fused-ring (bicyclic) bond motifs is 1. The van der Waals surface area contributed by atoms with Crippen LogP contribution in [0.15, 0.2) is 23.8 Å². The third-order valence-corrected chi connectivity index (χ3v) is 6.91. The Balaban J connectivity index is 2.16. The van der Waals surface area contributed by atoms with Gasteiger partial charge in [-0.3, -0.25) is 4.79 Å². The molecule has 2 aliphatic carbocycles. The van der Waals surface area contributed by atoms with E-state index >= 15 is 0 Å². The summed E-state index contributed by atoms with van der Waals surface area (Å²) >= 11 is 3.52. The molecule has 0 amide bonds. The number of ether oxygens (including phenoxy) is 3. The van der Waals surface area contributed by atoms with Crippen molar-refractivity contribution in [3.05, 3.63) is 23.8 Å². The average Bonchev–Trinajstić information content (AvgIpc) is 2.96. The van der Waals surface area contributed by atoms with E-state index in [1.54, 1.807) is 0 Å². The minimum Gasteiger partial charge on any atom is -0.469 e. The molecule has 3 aliphatic rings. The first-order valence-corrected chi connectivity index (χ1v) is 8.74. The minimum absolute atomic E-state index is 0.104. The highest BCUT2D eigenvalue weighted by Crippen LogP contribution is 2.66. The summed E-state index contributed by atoms with van der Waals surface area (Å²) in [6.07, 6.45) is 6.32. The molecule has 1 heterocycles. The molecule has 1 aliphatic heterocycles. The van der Waals surface area contributed by atoms with Gasteiger partial charge in [0.1, 0.15) is 0 Å². The molecule has 0 saturated carbocycles. The van der Waals surface area contributed by atoms with Crippen LogP contribution in [0, 0.1) is 17.3 Å². The van der Waals surface area contributed by atoms with Crippen molar-refractivity contribution in [2.75, 3.05) is 19.5 Å². The lowest BCUT2D eigenvalue weighted by atomic mass is 9.59. The van der Waals surface area contributed by atoms with Gasteiger partial charge in [-0.25, -0.2) is 4.79 Å². The first kappa shape index (κ1) is 16.7. The topological polar surface area (TPSA) is 61.8 Å². The van der Waals surface area contributed by atoms with Crippen molar-refractivity contribution in [1.29, 1.82) is 0 Å². The fraction of sp³-hybridized carbons (Fsp3) is 0.647. The van der Waals surface area contributed by atoms with Crippen molar-refractivity contribution in [2.45, 2.75) is 31.5 Å². The van der Waals surface area contributed by atoms with Crippen LogP contribution >= 0.6 is 15.9 Å².